The molecule has 5 rings (SSSR count). The number of piperidine rings is 1. The van der Waals surface area contributed by atoms with Crippen LogP contribution in [0.2, 0.25) is 0 Å². The Morgan fingerprint density at radius 2 is 1.71 bits per heavy atom. The van der Waals surface area contributed by atoms with Crippen LogP contribution >= 0.6 is 11.3 Å². The Kier molecular flexibility index (Phi) is 8.40. The number of carbonyl (C=O) groups is 1. The number of ether oxygens (including phenoxy) is 4. The molecule has 0 N–H and O–H groups in total. The Labute approximate surface area is 239 Å². The topological polar surface area (TPSA) is 87.9 Å². The smallest absolute Gasteiger partial charge is 0.496 e. The van der Waals surface area contributed by atoms with E-state index in [1.807, 2.05) is 0 Å². The highest BCUT2D eigenvalue weighted by Gasteiger charge is 2.36. The van der Waals surface area contributed by atoms with Crippen molar-refractivity contribution in [1.29, 1.82) is 0 Å². The van der Waals surface area contributed by atoms with Gasteiger partial charge >= 0.3 is 12.5 Å². The van der Waals surface area contributed by atoms with Crippen LogP contribution in [0, 0.1) is 6.92 Å². The van der Waals surface area contributed by atoms with Crippen LogP contribution in [-0.2, 0) is 40.2 Å². The largest absolute Gasteiger partial charge is 0.573 e. The summed E-state index contributed by atoms with van der Waals surface area (Å²) in [5.41, 5.74) is 0.226. The van der Waals surface area contributed by atoms with Crippen molar-refractivity contribution in [3.63, 3.8) is 0 Å². The number of halogens is 6. The third-order valence-corrected chi connectivity index (χ3v) is 8.11. The summed E-state index contributed by atoms with van der Waals surface area (Å²) in [5.74, 6) is -0.345. The second-order valence-electron chi connectivity index (χ2n) is 9.82. The minimum atomic E-state index is -4.88. The number of rotatable bonds is 6. The molecule has 1 fully saturated rings. The molecule has 0 saturated carbocycles. The predicted molar refractivity (Wildman–Crippen MR) is 135 cm³/mol. The molecule has 0 aliphatic carbocycles. The maximum Gasteiger partial charge on any atom is 0.573 e. The molecule has 0 radical (unpaired) electrons. The monoisotopic (exact) mass is 620 g/mol. The lowest BCUT2D eigenvalue weighted by molar-refractivity contribution is -0.275. The van der Waals surface area contributed by atoms with E-state index in [1.165, 1.54) is 37.5 Å². The molecule has 2 aromatic heterocycles. The first kappa shape index (κ1) is 30.1. The van der Waals surface area contributed by atoms with Gasteiger partial charge in [0, 0.05) is 41.2 Å². The van der Waals surface area contributed by atoms with E-state index in [-0.39, 0.29) is 42.8 Å². The van der Waals surface area contributed by atoms with Crippen molar-refractivity contribution < 1.29 is 50.1 Å². The van der Waals surface area contributed by atoms with Gasteiger partial charge in [0.1, 0.15) is 23.7 Å². The number of hydrogen-bond donors (Lipinski definition) is 0. The SMILES string of the molecule is COc1ccc(OC(F)(F)F)c2c1COC(c1csc(C3CCN(C(=O)Cn4nc(C(F)(F)F)cc4C)CC3)n1)OC2. The Morgan fingerprint density at radius 3 is 2.31 bits per heavy atom. The number of nitrogens with zero attached hydrogens (tertiary/aromatic N) is 4. The highest BCUT2D eigenvalue weighted by Crippen LogP contribution is 2.40. The van der Waals surface area contributed by atoms with E-state index in [4.69, 9.17) is 14.2 Å². The van der Waals surface area contributed by atoms with Crippen molar-refractivity contribution in [3.05, 3.63) is 56.8 Å². The van der Waals surface area contributed by atoms with Crippen LogP contribution in [0.25, 0.3) is 0 Å². The number of benzene rings is 1. The molecule has 2 aliphatic heterocycles. The van der Waals surface area contributed by atoms with E-state index in [9.17, 15) is 31.1 Å². The van der Waals surface area contributed by atoms with E-state index >= 15 is 0 Å². The van der Waals surface area contributed by atoms with Crippen LogP contribution in [0.4, 0.5) is 26.3 Å². The molecule has 3 aromatic rings. The highest BCUT2D eigenvalue weighted by atomic mass is 32.1. The molecular weight excluding hydrogens is 594 g/mol. The zero-order valence-corrected chi connectivity index (χ0v) is 23.2. The number of aromatic nitrogens is 3. The van der Waals surface area contributed by atoms with Gasteiger partial charge in [-0.3, -0.25) is 9.48 Å². The third-order valence-electron chi connectivity index (χ3n) is 7.08. The molecule has 0 bridgehead atoms. The fourth-order valence-electron chi connectivity index (χ4n) is 4.92. The van der Waals surface area contributed by atoms with Crippen LogP contribution in [0.1, 0.15) is 58.3 Å². The van der Waals surface area contributed by atoms with Gasteiger partial charge in [0.2, 0.25) is 12.2 Å². The summed E-state index contributed by atoms with van der Waals surface area (Å²) in [6.07, 6.45) is -9.22. The fourth-order valence-corrected chi connectivity index (χ4v) is 5.92. The van der Waals surface area contributed by atoms with Gasteiger partial charge in [0.15, 0.2) is 5.69 Å². The number of methoxy groups -OCH3 is 1. The van der Waals surface area contributed by atoms with E-state index in [0.29, 0.717) is 42.9 Å². The minimum Gasteiger partial charge on any atom is -0.496 e. The molecule has 16 heteroatoms. The molecule has 1 saturated heterocycles. The number of hydrogen-bond acceptors (Lipinski definition) is 8. The van der Waals surface area contributed by atoms with Gasteiger partial charge in [-0.2, -0.15) is 18.3 Å². The lowest BCUT2D eigenvalue weighted by atomic mass is 9.97. The second-order valence-corrected chi connectivity index (χ2v) is 10.7. The van der Waals surface area contributed by atoms with Crippen molar-refractivity contribution in [1.82, 2.24) is 19.7 Å². The first-order valence-corrected chi connectivity index (χ1v) is 13.7. The molecule has 0 spiro atoms. The molecule has 228 valence electrons. The van der Waals surface area contributed by atoms with Gasteiger partial charge in [0.25, 0.3) is 0 Å². The number of fused-ring (bicyclic) bond motifs is 1. The van der Waals surface area contributed by atoms with Gasteiger partial charge in [0.05, 0.1) is 25.3 Å². The zero-order chi connectivity index (χ0) is 30.2. The van der Waals surface area contributed by atoms with Gasteiger partial charge in [-0.1, -0.05) is 0 Å². The maximum absolute atomic E-state index is 12.9. The van der Waals surface area contributed by atoms with Crippen molar-refractivity contribution in [2.24, 2.45) is 0 Å². The van der Waals surface area contributed by atoms with E-state index in [0.717, 1.165) is 15.8 Å². The lowest BCUT2D eigenvalue weighted by Gasteiger charge is -2.31. The van der Waals surface area contributed by atoms with Crippen molar-refractivity contribution in [2.45, 2.75) is 64.3 Å². The summed E-state index contributed by atoms with van der Waals surface area (Å²) in [4.78, 5) is 19.0. The van der Waals surface area contributed by atoms with Crippen LogP contribution in [-0.4, -0.2) is 52.1 Å². The lowest BCUT2D eigenvalue weighted by Crippen LogP contribution is -2.40. The van der Waals surface area contributed by atoms with Gasteiger partial charge < -0.3 is 23.8 Å². The average Bonchev–Trinajstić information content (AvgIpc) is 3.49. The number of alkyl halides is 6. The zero-order valence-electron chi connectivity index (χ0n) is 22.4. The first-order valence-electron chi connectivity index (χ1n) is 12.8. The predicted octanol–water partition coefficient (Wildman–Crippen LogP) is 5.73. The Balaban J connectivity index is 1.19. The minimum absolute atomic E-state index is 0.0333. The summed E-state index contributed by atoms with van der Waals surface area (Å²) in [6, 6.07) is 3.45. The Hall–Kier alpha value is -3.37. The van der Waals surface area contributed by atoms with Crippen LogP contribution < -0.4 is 9.47 Å². The van der Waals surface area contributed by atoms with Crippen molar-refractivity contribution >= 4 is 17.2 Å². The highest BCUT2D eigenvalue weighted by molar-refractivity contribution is 7.09. The number of carbonyl (C=O) groups excluding carboxylic acids is 1. The molecule has 42 heavy (non-hydrogen) atoms. The van der Waals surface area contributed by atoms with Crippen LogP contribution in [0.15, 0.2) is 23.6 Å². The van der Waals surface area contributed by atoms with Crippen molar-refractivity contribution in [2.75, 3.05) is 20.2 Å². The summed E-state index contributed by atoms with van der Waals surface area (Å²) < 4.78 is 99.8. The second kappa shape index (κ2) is 11.7. The number of amides is 1. The average molecular weight is 621 g/mol. The Bertz CT molecular complexity index is 1430. The maximum atomic E-state index is 12.9. The number of thiazole rings is 1. The third kappa shape index (κ3) is 6.65. The van der Waals surface area contributed by atoms with E-state index < -0.39 is 30.3 Å². The number of aryl methyl sites for hydroxylation is 1. The van der Waals surface area contributed by atoms with Gasteiger partial charge in [-0.05, 0) is 38.0 Å². The van der Waals surface area contributed by atoms with Crippen LogP contribution in [0.3, 0.4) is 0 Å². The summed E-state index contributed by atoms with van der Waals surface area (Å²) in [7, 11) is 1.40. The molecule has 1 aromatic carbocycles. The van der Waals surface area contributed by atoms with E-state index in [1.54, 1.807) is 10.3 Å². The fraction of sp³-hybridized carbons (Fsp3) is 0.500. The molecular formula is C26H26F6N4O5S. The van der Waals surface area contributed by atoms with Crippen molar-refractivity contribution in [3.8, 4) is 11.5 Å². The molecule has 1 atom stereocenters. The quantitative estimate of drug-likeness (QED) is 0.326. The first-order chi connectivity index (χ1) is 19.8. The molecule has 1 amide bonds. The van der Waals surface area contributed by atoms with E-state index in [2.05, 4.69) is 14.8 Å². The number of likely N-dealkylation sites (tertiary alicyclic amines) is 1. The van der Waals surface area contributed by atoms with Crippen LogP contribution in [0.5, 0.6) is 11.5 Å². The molecule has 4 heterocycles. The molecule has 9 nitrogen and oxygen atoms in total. The normalized spacial score (nSPS) is 18.5. The van der Waals surface area contributed by atoms with Gasteiger partial charge in [-0.25, -0.2) is 4.98 Å². The standard InChI is InChI=1S/C26H26F6N4O5S/c1-14-9-21(25(27,28)29)34-36(14)10-22(37)35-7-5-15(6-8-35)23-33-18(13-42-23)24-39-11-16-17(12-40-24)20(41-26(30,31)32)4-3-19(16)38-2/h3-4,9,13,15,24H,5-8,10-12H2,1-2H3. The Morgan fingerprint density at radius 1 is 1.07 bits per heavy atom. The summed E-state index contributed by atoms with van der Waals surface area (Å²) in [5, 5.41) is 6.08. The molecule has 1 unspecified atom stereocenters. The summed E-state index contributed by atoms with van der Waals surface area (Å²) in [6.45, 7) is 1.67. The molecule has 2 aliphatic rings. The van der Waals surface area contributed by atoms with Gasteiger partial charge in [-0.15, -0.1) is 24.5 Å². The summed E-state index contributed by atoms with van der Waals surface area (Å²) >= 11 is 1.38.